The molecular formula is C26H19F3N2. The van der Waals surface area contributed by atoms with E-state index in [1.54, 1.807) is 12.1 Å². The van der Waals surface area contributed by atoms with Gasteiger partial charge in [-0.3, -0.25) is 5.01 Å². The number of hydrogen-bond acceptors (Lipinski definition) is 2. The highest BCUT2D eigenvalue weighted by Gasteiger charge is 2.33. The maximum absolute atomic E-state index is 13.0. The third-order valence-corrected chi connectivity index (χ3v) is 5.64. The van der Waals surface area contributed by atoms with Gasteiger partial charge in [-0.25, -0.2) is 0 Å². The standard InChI is InChI=1S/C26H19F3N2/c27-26(28,29)22-14-12-19(13-15-22)25-17-24(30-31(25)23-8-2-1-3-9-23)21-11-10-18-6-4-5-7-20(18)16-21/h1-16,25H,17H2/t25-/m1/s1. The Balaban J connectivity index is 1.54. The third kappa shape index (κ3) is 3.79. The number of anilines is 1. The van der Waals surface area contributed by atoms with Gasteiger partial charge >= 0.3 is 6.18 Å². The molecule has 0 saturated carbocycles. The minimum Gasteiger partial charge on any atom is -0.257 e. The highest BCUT2D eigenvalue weighted by atomic mass is 19.4. The number of fused-ring (bicyclic) bond motifs is 1. The quantitative estimate of drug-likeness (QED) is 0.344. The molecule has 1 aliphatic rings. The van der Waals surface area contributed by atoms with Gasteiger partial charge in [0.15, 0.2) is 0 Å². The first-order valence-electron chi connectivity index (χ1n) is 10.1. The lowest BCUT2D eigenvalue weighted by atomic mass is 9.96. The van der Waals surface area contributed by atoms with Crippen molar-refractivity contribution in [2.24, 2.45) is 5.10 Å². The van der Waals surface area contributed by atoms with E-state index >= 15 is 0 Å². The first-order chi connectivity index (χ1) is 15.0. The van der Waals surface area contributed by atoms with Crippen LogP contribution in [0, 0.1) is 0 Å². The summed E-state index contributed by atoms with van der Waals surface area (Å²) in [6.07, 6.45) is -3.74. The van der Waals surface area contributed by atoms with Crippen LogP contribution in [-0.4, -0.2) is 5.71 Å². The molecule has 4 aromatic rings. The van der Waals surface area contributed by atoms with Crippen molar-refractivity contribution < 1.29 is 13.2 Å². The van der Waals surface area contributed by atoms with E-state index in [1.807, 2.05) is 47.5 Å². The van der Waals surface area contributed by atoms with Gasteiger partial charge < -0.3 is 0 Å². The van der Waals surface area contributed by atoms with Crippen LogP contribution in [0.5, 0.6) is 0 Å². The average Bonchev–Trinajstić information content (AvgIpc) is 3.24. The molecule has 2 nitrogen and oxygen atoms in total. The minimum absolute atomic E-state index is 0.175. The second kappa shape index (κ2) is 7.58. The molecule has 154 valence electrons. The Kier molecular flexibility index (Phi) is 4.74. The smallest absolute Gasteiger partial charge is 0.257 e. The molecule has 0 fully saturated rings. The number of benzene rings is 4. The van der Waals surface area contributed by atoms with E-state index in [-0.39, 0.29) is 6.04 Å². The van der Waals surface area contributed by atoms with E-state index < -0.39 is 11.7 Å². The number of para-hydroxylation sites is 1. The van der Waals surface area contributed by atoms with E-state index in [0.717, 1.165) is 45.4 Å². The van der Waals surface area contributed by atoms with E-state index in [4.69, 9.17) is 5.10 Å². The fourth-order valence-electron chi connectivity index (χ4n) is 4.03. The number of rotatable bonds is 3. The lowest BCUT2D eigenvalue weighted by Crippen LogP contribution is -2.18. The van der Waals surface area contributed by atoms with Crippen LogP contribution in [0.3, 0.4) is 0 Å². The van der Waals surface area contributed by atoms with Crippen molar-refractivity contribution in [3.05, 3.63) is 114 Å². The molecular weight excluding hydrogens is 397 g/mol. The molecule has 0 radical (unpaired) electrons. The molecule has 0 N–H and O–H groups in total. The van der Waals surface area contributed by atoms with Gasteiger partial charge in [0.25, 0.3) is 0 Å². The molecule has 0 aliphatic carbocycles. The predicted octanol–water partition coefficient (Wildman–Crippen LogP) is 7.21. The van der Waals surface area contributed by atoms with Crippen LogP contribution >= 0.6 is 0 Å². The predicted molar refractivity (Wildman–Crippen MR) is 118 cm³/mol. The number of hydrogen-bond donors (Lipinski definition) is 0. The number of hydrazone groups is 1. The molecule has 1 aliphatic heterocycles. The summed E-state index contributed by atoms with van der Waals surface area (Å²) < 4.78 is 39.0. The van der Waals surface area contributed by atoms with Gasteiger partial charge in [0.1, 0.15) is 0 Å². The van der Waals surface area contributed by atoms with Crippen LogP contribution in [0.25, 0.3) is 10.8 Å². The molecule has 1 heterocycles. The lowest BCUT2D eigenvalue weighted by Gasteiger charge is -2.24. The maximum atomic E-state index is 13.0. The van der Waals surface area contributed by atoms with E-state index in [0.29, 0.717) is 6.42 Å². The van der Waals surface area contributed by atoms with Crippen LogP contribution in [-0.2, 0) is 6.18 Å². The van der Waals surface area contributed by atoms with Crippen LogP contribution in [0.15, 0.2) is 102 Å². The molecule has 5 heteroatoms. The van der Waals surface area contributed by atoms with Crippen molar-refractivity contribution in [3.8, 4) is 0 Å². The van der Waals surface area contributed by atoms with Crippen LogP contribution < -0.4 is 5.01 Å². The number of halogens is 3. The Morgan fingerprint density at radius 3 is 2.13 bits per heavy atom. The summed E-state index contributed by atoms with van der Waals surface area (Å²) in [5, 5.41) is 9.09. The third-order valence-electron chi connectivity index (χ3n) is 5.64. The normalized spacial score (nSPS) is 16.5. The van der Waals surface area contributed by atoms with Crippen molar-refractivity contribution in [3.63, 3.8) is 0 Å². The molecule has 31 heavy (non-hydrogen) atoms. The summed E-state index contributed by atoms with van der Waals surface area (Å²) in [6.45, 7) is 0. The van der Waals surface area contributed by atoms with Crippen LogP contribution in [0.1, 0.15) is 29.2 Å². The summed E-state index contributed by atoms with van der Waals surface area (Å²) in [7, 11) is 0. The zero-order valence-electron chi connectivity index (χ0n) is 16.6. The van der Waals surface area contributed by atoms with Gasteiger partial charge in [-0.1, -0.05) is 66.7 Å². The van der Waals surface area contributed by atoms with Gasteiger partial charge in [0.2, 0.25) is 0 Å². The van der Waals surface area contributed by atoms with Gasteiger partial charge in [-0.2, -0.15) is 18.3 Å². The topological polar surface area (TPSA) is 15.6 Å². The van der Waals surface area contributed by atoms with E-state index in [9.17, 15) is 13.2 Å². The van der Waals surface area contributed by atoms with Crippen LogP contribution in [0.2, 0.25) is 0 Å². The van der Waals surface area contributed by atoms with Crippen molar-refractivity contribution in [1.29, 1.82) is 0 Å². The molecule has 0 unspecified atom stereocenters. The summed E-state index contributed by atoms with van der Waals surface area (Å²) in [4.78, 5) is 0. The van der Waals surface area contributed by atoms with Crippen molar-refractivity contribution in [2.45, 2.75) is 18.6 Å². The first kappa shape index (κ1) is 19.4. The fraction of sp³-hybridized carbons (Fsp3) is 0.115. The lowest BCUT2D eigenvalue weighted by molar-refractivity contribution is -0.137. The second-order valence-electron chi connectivity index (χ2n) is 7.63. The van der Waals surface area contributed by atoms with Gasteiger partial charge in [-0.05, 0) is 52.2 Å². The SMILES string of the molecule is FC(F)(F)c1ccc([C@H]2CC(c3ccc4ccccc4c3)=NN2c2ccccc2)cc1. The monoisotopic (exact) mass is 416 g/mol. The van der Waals surface area contributed by atoms with E-state index in [2.05, 4.69) is 30.3 Å². The Morgan fingerprint density at radius 1 is 0.742 bits per heavy atom. The Hall–Kier alpha value is -3.60. The Morgan fingerprint density at radius 2 is 1.42 bits per heavy atom. The zero-order valence-corrected chi connectivity index (χ0v) is 16.6. The molecule has 0 bridgehead atoms. The molecule has 0 spiro atoms. The minimum atomic E-state index is -4.35. The Labute approximate surface area is 178 Å². The summed E-state index contributed by atoms with van der Waals surface area (Å²) in [5.41, 5.74) is 3.00. The summed E-state index contributed by atoms with van der Waals surface area (Å²) in [5.74, 6) is 0. The first-order valence-corrected chi connectivity index (χ1v) is 10.1. The second-order valence-corrected chi connectivity index (χ2v) is 7.63. The van der Waals surface area contributed by atoms with E-state index in [1.165, 1.54) is 0 Å². The molecule has 0 amide bonds. The number of alkyl halides is 3. The molecule has 5 rings (SSSR count). The van der Waals surface area contributed by atoms with Crippen molar-refractivity contribution in [1.82, 2.24) is 0 Å². The molecule has 0 aromatic heterocycles. The maximum Gasteiger partial charge on any atom is 0.416 e. The molecule has 0 saturated heterocycles. The highest BCUT2D eigenvalue weighted by Crippen LogP contribution is 2.38. The molecule has 1 atom stereocenters. The summed E-state index contributed by atoms with van der Waals surface area (Å²) >= 11 is 0. The number of nitrogens with zero attached hydrogens (tertiary/aromatic N) is 2. The highest BCUT2D eigenvalue weighted by molar-refractivity contribution is 6.05. The largest absolute Gasteiger partial charge is 0.416 e. The van der Waals surface area contributed by atoms with Gasteiger partial charge in [0.05, 0.1) is 23.0 Å². The zero-order chi connectivity index (χ0) is 21.4. The fourth-order valence-corrected chi connectivity index (χ4v) is 4.03. The van der Waals surface area contributed by atoms with Crippen LogP contribution in [0.4, 0.5) is 18.9 Å². The average molecular weight is 416 g/mol. The molecule has 4 aromatic carbocycles. The van der Waals surface area contributed by atoms with Gasteiger partial charge in [-0.15, -0.1) is 0 Å². The van der Waals surface area contributed by atoms with Crippen molar-refractivity contribution in [2.75, 3.05) is 5.01 Å². The van der Waals surface area contributed by atoms with Gasteiger partial charge in [0, 0.05) is 6.42 Å². The van der Waals surface area contributed by atoms with Crippen molar-refractivity contribution >= 4 is 22.2 Å². The summed E-state index contributed by atoms with van der Waals surface area (Å²) in [6, 6.07) is 29.3. The Bertz CT molecular complexity index is 1250.